The lowest BCUT2D eigenvalue weighted by atomic mass is 11.7. The molecule has 0 bridgehead atoms. The van der Waals surface area contributed by atoms with Crippen molar-refractivity contribution in [2.45, 2.75) is 0 Å². The Labute approximate surface area is 58.7 Å². The largest absolute Gasteiger partial charge is 0.475 e. The molecule has 0 aliphatic carbocycles. The molecule has 0 rings (SSSR count). The lowest BCUT2D eigenvalue weighted by molar-refractivity contribution is 0.171. The zero-order valence-corrected chi connectivity index (χ0v) is 6.82. The van der Waals surface area contributed by atoms with Gasteiger partial charge in [0.05, 0.1) is 0 Å². The van der Waals surface area contributed by atoms with Crippen LogP contribution >= 0.6 is 19.4 Å². The van der Waals surface area contributed by atoms with Crippen molar-refractivity contribution in [3.05, 3.63) is 0 Å². The molecule has 0 spiro atoms. The molecule has 0 N–H and O–H groups in total. The Morgan fingerprint density at radius 2 is 1.89 bits per heavy atom. The monoisotopic (exact) mass is 174 g/mol. The number of phosphoric ester groups is 1. The zero-order valence-electron chi connectivity index (χ0n) is 5.17. The third-order valence-electron chi connectivity index (χ3n) is 0.654. The minimum atomic E-state index is -3.31. The Morgan fingerprint density at radius 3 is 2.00 bits per heavy atom. The summed E-state index contributed by atoms with van der Waals surface area (Å²) in [4.78, 5) is 0. The molecule has 0 aliphatic heterocycles. The van der Waals surface area contributed by atoms with E-state index in [2.05, 4.69) is 13.6 Å². The van der Waals surface area contributed by atoms with E-state index in [4.69, 9.17) is 11.6 Å². The first-order valence-electron chi connectivity index (χ1n) is 2.10. The zero-order chi connectivity index (χ0) is 7.33. The van der Waals surface area contributed by atoms with Crippen LogP contribution in [0.25, 0.3) is 0 Å². The minimum Gasteiger partial charge on any atom is -0.290 e. The summed E-state index contributed by atoms with van der Waals surface area (Å²) in [5.74, 6) is 0. The molecule has 0 amide bonds. The van der Waals surface area contributed by atoms with Gasteiger partial charge < -0.3 is 0 Å². The molecule has 56 valence electrons. The Hall–Kier alpha value is 0.400. The minimum absolute atomic E-state index is 0.209. The SMILES string of the molecule is COP(=O)(OC)OCCl. The average Bonchev–Trinajstić information content (AvgIpc) is 1.89. The van der Waals surface area contributed by atoms with Crippen LogP contribution in [0, 0.1) is 0 Å². The molecule has 0 saturated heterocycles. The first kappa shape index (κ1) is 9.40. The topological polar surface area (TPSA) is 44.8 Å². The van der Waals surface area contributed by atoms with Crippen molar-refractivity contribution in [2.24, 2.45) is 0 Å². The van der Waals surface area contributed by atoms with Gasteiger partial charge in [-0.3, -0.25) is 13.6 Å². The second-order valence-corrected chi connectivity index (χ2v) is 3.15. The van der Waals surface area contributed by atoms with Crippen molar-refractivity contribution in [3.63, 3.8) is 0 Å². The molecule has 0 fully saturated rings. The van der Waals surface area contributed by atoms with Gasteiger partial charge in [-0.15, -0.1) is 0 Å². The molecule has 0 aromatic rings. The van der Waals surface area contributed by atoms with Gasteiger partial charge in [0, 0.05) is 14.2 Å². The van der Waals surface area contributed by atoms with Gasteiger partial charge in [0.25, 0.3) is 0 Å². The smallest absolute Gasteiger partial charge is 0.290 e. The van der Waals surface area contributed by atoms with Crippen LogP contribution in [0.5, 0.6) is 0 Å². The second kappa shape index (κ2) is 4.25. The molecule has 6 heteroatoms. The summed E-state index contributed by atoms with van der Waals surface area (Å²) in [5.41, 5.74) is 0. The fourth-order valence-corrected chi connectivity index (χ4v) is 1.08. The third-order valence-corrected chi connectivity index (χ3v) is 2.26. The van der Waals surface area contributed by atoms with E-state index >= 15 is 0 Å². The van der Waals surface area contributed by atoms with Crippen molar-refractivity contribution in [1.82, 2.24) is 0 Å². The summed E-state index contributed by atoms with van der Waals surface area (Å²) in [6.45, 7) is 0. The molecular formula is C3H8ClO4P. The van der Waals surface area contributed by atoms with Crippen molar-refractivity contribution in [2.75, 3.05) is 20.3 Å². The summed E-state index contributed by atoms with van der Waals surface area (Å²) in [6, 6.07) is -0.209. The number of halogens is 1. The van der Waals surface area contributed by atoms with E-state index in [1.807, 2.05) is 0 Å². The molecule has 4 nitrogen and oxygen atoms in total. The highest BCUT2D eigenvalue weighted by Crippen LogP contribution is 2.47. The van der Waals surface area contributed by atoms with E-state index < -0.39 is 7.82 Å². The van der Waals surface area contributed by atoms with Gasteiger partial charge in [0.2, 0.25) is 0 Å². The third kappa shape index (κ3) is 3.18. The van der Waals surface area contributed by atoms with Crippen LogP contribution in [0.3, 0.4) is 0 Å². The molecule has 0 aromatic carbocycles. The molecule has 0 atom stereocenters. The number of hydrogen-bond donors (Lipinski definition) is 0. The van der Waals surface area contributed by atoms with Gasteiger partial charge in [-0.25, -0.2) is 4.57 Å². The Balaban J connectivity index is 3.78. The Morgan fingerprint density at radius 1 is 1.44 bits per heavy atom. The van der Waals surface area contributed by atoms with Crippen molar-refractivity contribution in [1.29, 1.82) is 0 Å². The lowest BCUT2D eigenvalue weighted by Gasteiger charge is -2.09. The normalized spacial score (nSPS) is 11.9. The first-order chi connectivity index (χ1) is 4.18. The molecule has 0 radical (unpaired) electrons. The lowest BCUT2D eigenvalue weighted by Crippen LogP contribution is -1.91. The predicted molar refractivity (Wildman–Crippen MR) is 33.4 cm³/mol. The number of rotatable bonds is 4. The molecular weight excluding hydrogens is 166 g/mol. The van der Waals surface area contributed by atoms with Gasteiger partial charge in [0.15, 0.2) is 0 Å². The van der Waals surface area contributed by atoms with Crippen LogP contribution in [0.15, 0.2) is 0 Å². The van der Waals surface area contributed by atoms with Crippen LogP contribution < -0.4 is 0 Å². The van der Waals surface area contributed by atoms with Gasteiger partial charge in [-0.2, -0.15) is 0 Å². The van der Waals surface area contributed by atoms with Crippen molar-refractivity contribution in [3.8, 4) is 0 Å². The van der Waals surface area contributed by atoms with Gasteiger partial charge in [-0.05, 0) is 0 Å². The fourth-order valence-electron chi connectivity index (χ4n) is 0.240. The summed E-state index contributed by atoms with van der Waals surface area (Å²) in [5, 5.41) is 0. The highest BCUT2D eigenvalue weighted by Gasteiger charge is 2.21. The highest BCUT2D eigenvalue weighted by atomic mass is 35.5. The maximum atomic E-state index is 10.8. The van der Waals surface area contributed by atoms with E-state index in [9.17, 15) is 4.57 Å². The Kier molecular flexibility index (Phi) is 4.44. The maximum absolute atomic E-state index is 10.8. The summed E-state index contributed by atoms with van der Waals surface area (Å²) in [7, 11) is -0.875. The fraction of sp³-hybridized carbons (Fsp3) is 1.00. The molecule has 9 heavy (non-hydrogen) atoms. The molecule has 0 saturated carbocycles. The number of alkyl halides is 1. The van der Waals surface area contributed by atoms with Crippen LogP contribution in [-0.4, -0.2) is 20.3 Å². The van der Waals surface area contributed by atoms with Gasteiger partial charge in [-0.1, -0.05) is 11.6 Å². The summed E-state index contributed by atoms with van der Waals surface area (Å²) >= 11 is 5.09. The summed E-state index contributed by atoms with van der Waals surface area (Å²) < 4.78 is 23.9. The average molecular weight is 175 g/mol. The van der Waals surface area contributed by atoms with Crippen molar-refractivity contribution < 1.29 is 18.1 Å². The quantitative estimate of drug-likeness (QED) is 0.480. The van der Waals surface area contributed by atoms with Gasteiger partial charge in [0.1, 0.15) is 6.07 Å². The van der Waals surface area contributed by atoms with E-state index in [0.29, 0.717) is 0 Å². The van der Waals surface area contributed by atoms with Crippen LogP contribution in [0.4, 0.5) is 0 Å². The first-order valence-corrected chi connectivity index (χ1v) is 4.10. The van der Waals surface area contributed by atoms with Crippen LogP contribution in [-0.2, 0) is 18.1 Å². The number of phosphoric acid groups is 1. The van der Waals surface area contributed by atoms with Crippen LogP contribution in [0.1, 0.15) is 0 Å². The summed E-state index contributed by atoms with van der Waals surface area (Å²) in [6.07, 6.45) is 0. The standard InChI is InChI=1S/C3H8ClO4P/c1-6-9(5,7-2)8-3-4/h3H2,1-2H3. The maximum Gasteiger partial charge on any atom is 0.475 e. The second-order valence-electron chi connectivity index (χ2n) is 1.05. The van der Waals surface area contributed by atoms with E-state index in [0.717, 1.165) is 0 Å². The number of hydrogen-bond acceptors (Lipinski definition) is 4. The van der Waals surface area contributed by atoms with Crippen LogP contribution in [0.2, 0.25) is 0 Å². The molecule has 0 heterocycles. The van der Waals surface area contributed by atoms with E-state index in [1.165, 1.54) is 14.2 Å². The molecule has 0 unspecified atom stereocenters. The predicted octanol–water partition coefficient (Wildman–Crippen LogP) is 1.60. The van der Waals surface area contributed by atoms with E-state index in [-0.39, 0.29) is 6.07 Å². The van der Waals surface area contributed by atoms with E-state index in [1.54, 1.807) is 0 Å². The van der Waals surface area contributed by atoms with Gasteiger partial charge >= 0.3 is 7.82 Å². The molecule has 0 aliphatic rings. The highest BCUT2D eigenvalue weighted by molar-refractivity contribution is 7.48. The van der Waals surface area contributed by atoms with Crippen molar-refractivity contribution >= 4 is 19.4 Å². The Bertz CT molecular complexity index is 108. The molecule has 0 aromatic heterocycles.